The Balaban J connectivity index is 2.14. The van der Waals surface area contributed by atoms with E-state index in [4.69, 9.17) is 21.4 Å². The average Bonchev–Trinajstić information content (AvgIpc) is 2.95. The summed E-state index contributed by atoms with van der Waals surface area (Å²) >= 11 is 5.95. The van der Waals surface area contributed by atoms with E-state index in [-0.39, 0.29) is 12.5 Å². The zero-order chi connectivity index (χ0) is 14.4. The Morgan fingerprint density at radius 3 is 3.10 bits per heavy atom. The van der Waals surface area contributed by atoms with Crippen LogP contribution < -0.4 is 5.32 Å². The molecule has 0 saturated carbocycles. The van der Waals surface area contributed by atoms with Gasteiger partial charge in [-0.2, -0.15) is 0 Å². The quantitative estimate of drug-likeness (QED) is 0.840. The highest BCUT2D eigenvalue weighted by molar-refractivity contribution is 6.31. The molecule has 1 aliphatic rings. The third-order valence-corrected chi connectivity index (χ3v) is 3.16. The van der Waals surface area contributed by atoms with Gasteiger partial charge in [-0.1, -0.05) is 23.4 Å². The maximum atomic E-state index is 12.0. The van der Waals surface area contributed by atoms with Crippen LogP contribution in [-0.2, 0) is 9.53 Å². The normalized spacial score (nSPS) is 17.4. The van der Waals surface area contributed by atoms with Crippen molar-refractivity contribution in [3.05, 3.63) is 28.8 Å². The number of rotatable bonds is 3. The molecule has 0 aliphatic carbocycles. The third kappa shape index (κ3) is 3.97. The molecule has 106 valence electrons. The number of halogens is 1. The number of carbonyl (C=O) groups is 1. The molecular weight excluding hydrogens is 278 g/mol. The first-order chi connectivity index (χ1) is 9.70. The zero-order valence-electron chi connectivity index (χ0n) is 11.0. The second kappa shape index (κ2) is 7.30. The Kier molecular flexibility index (Phi) is 5.42. The van der Waals surface area contributed by atoms with Crippen molar-refractivity contribution >= 4 is 23.2 Å². The Labute approximate surface area is 123 Å². The van der Waals surface area contributed by atoms with Gasteiger partial charge in [-0.05, 0) is 31.0 Å². The number of hydrogen-bond donors (Lipinski definition) is 2. The molecule has 1 aromatic rings. The minimum Gasteiger partial charge on any atom is -0.395 e. The number of aliphatic hydroxyl groups is 1. The van der Waals surface area contributed by atoms with Gasteiger partial charge in [0, 0.05) is 23.6 Å². The van der Waals surface area contributed by atoms with Gasteiger partial charge in [-0.25, -0.2) is 0 Å². The molecule has 5 heteroatoms. The average molecular weight is 294 g/mol. The highest BCUT2D eigenvalue weighted by atomic mass is 35.5. The molecule has 1 aliphatic heterocycles. The van der Waals surface area contributed by atoms with E-state index in [1.54, 1.807) is 18.2 Å². The zero-order valence-corrected chi connectivity index (χ0v) is 11.7. The van der Waals surface area contributed by atoms with Crippen LogP contribution in [0.2, 0.25) is 5.02 Å². The number of anilines is 1. The van der Waals surface area contributed by atoms with Gasteiger partial charge in [0.15, 0.2) is 0 Å². The van der Waals surface area contributed by atoms with E-state index in [2.05, 4.69) is 17.2 Å². The maximum Gasteiger partial charge on any atom is 0.253 e. The predicted molar refractivity (Wildman–Crippen MR) is 77.6 cm³/mol. The highest BCUT2D eigenvalue weighted by Crippen LogP contribution is 2.22. The van der Waals surface area contributed by atoms with Crippen LogP contribution in [0.15, 0.2) is 18.2 Å². The summed E-state index contributed by atoms with van der Waals surface area (Å²) in [4.78, 5) is 12.0. The largest absolute Gasteiger partial charge is 0.395 e. The van der Waals surface area contributed by atoms with Crippen LogP contribution in [0, 0.1) is 11.8 Å². The molecule has 2 N–H and O–H groups in total. The number of nitrogens with one attached hydrogen (secondary N) is 1. The van der Waals surface area contributed by atoms with Crippen molar-refractivity contribution < 1.29 is 14.6 Å². The lowest BCUT2D eigenvalue weighted by Crippen LogP contribution is -2.27. The molecule has 0 radical (unpaired) electrons. The van der Waals surface area contributed by atoms with Crippen molar-refractivity contribution in [3.8, 4) is 11.8 Å². The van der Waals surface area contributed by atoms with Crippen molar-refractivity contribution in [2.45, 2.75) is 25.4 Å². The number of benzene rings is 1. The van der Waals surface area contributed by atoms with Gasteiger partial charge < -0.3 is 15.2 Å². The summed E-state index contributed by atoms with van der Waals surface area (Å²) in [6, 6.07) is 5.13. The Morgan fingerprint density at radius 1 is 1.55 bits per heavy atom. The molecule has 1 amide bonds. The Morgan fingerprint density at radius 2 is 2.40 bits per heavy atom. The molecule has 1 aromatic carbocycles. The second-order valence-corrected chi connectivity index (χ2v) is 4.89. The van der Waals surface area contributed by atoms with Crippen LogP contribution in [-0.4, -0.2) is 30.3 Å². The molecule has 1 unspecified atom stereocenters. The summed E-state index contributed by atoms with van der Waals surface area (Å²) in [5.74, 6) is 5.57. The van der Waals surface area contributed by atoms with Crippen LogP contribution >= 0.6 is 11.6 Å². The molecule has 0 spiro atoms. The fourth-order valence-corrected chi connectivity index (χ4v) is 2.11. The molecule has 1 atom stereocenters. The number of aliphatic hydroxyl groups excluding tert-OH is 1. The van der Waals surface area contributed by atoms with Gasteiger partial charge in [-0.15, -0.1) is 0 Å². The number of ether oxygens (including phenoxy) is 1. The van der Waals surface area contributed by atoms with Gasteiger partial charge in [0.2, 0.25) is 0 Å². The fourth-order valence-electron chi connectivity index (χ4n) is 1.94. The van der Waals surface area contributed by atoms with E-state index < -0.39 is 6.10 Å². The first kappa shape index (κ1) is 14.9. The SMILES string of the molecule is O=C(Nc1cc(Cl)ccc1C#CCCO)C1CCCO1. The number of carbonyl (C=O) groups excluding carboxylic acids is 1. The van der Waals surface area contributed by atoms with E-state index in [0.717, 1.165) is 12.8 Å². The highest BCUT2D eigenvalue weighted by Gasteiger charge is 2.24. The van der Waals surface area contributed by atoms with Gasteiger partial charge in [0.1, 0.15) is 6.10 Å². The summed E-state index contributed by atoms with van der Waals surface area (Å²) in [7, 11) is 0. The standard InChI is InChI=1S/C15H16ClNO3/c16-12-7-6-11(4-1-2-8-18)13(10-12)17-15(19)14-5-3-9-20-14/h6-7,10,14,18H,2-3,5,8-9H2,(H,17,19). The maximum absolute atomic E-state index is 12.0. The summed E-state index contributed by atoms with van der Waals surface area (Å²) in [6.07, 6.45) is 1.63. The molecule has 2 rings (SSSR count). The molecular formula is C15H16ClNO3. The lowest BCUT2D eigenvalue weighted by Gasteiger charge is -2.12. The van der Waals surface area contributed by atoms with E-state index in [9.17, 15) is 4.79 Å². The summed E-state index contributed by atoms with van der Waals surface area (Å²) in [5.41, 5.74) is 1.25. The lowest BCUT2D eigenvalue weighted by atomic mass is 10.1. The number of hydrogen-bond acceptors (Lipinski definition) is 3. The van der Waals surface area contributed by atoms with E-state index in [1.165, 1.54) is 0 Å². The molecule has 0 bridgehead atoms. The van der Waals surface area contributed by atoms with Crippen LogP contribution in [0.5, 0.6) is 0 Å². The van der Waals surface area contributed by atoms with E-state index >= 15 is 0 Å². The molecule has 0 aromatic heterocycles. The van der Waals surface area contributed by atoms with Crippen molar-refractivity contribution in [3.63, 3.8) is 0 Å². The molecule has 20 heavy (non-hydrogen) atoms. The molecule has 4 nitrogen and oxygen atoms in total. The smallest absolute Gasteiger partial charge is 0.253 e. The third-order valence-electron chi connectivity index (χ3n) is 2.92. The summed E-state index contributed by atoms with van der Waals surface area (Å²) in [6.45, 7) is 0.634. The minimum atomic E-state index is -0.396. The van der Waals surface area contributed by atoms with Crippen molar-refractivity contribution in [2.24, 2.45) is 0 Å². The number of amides is 1. The lowest BCUT2D eigenvalue weighted by molar-refractivity contribution is -0.124. The summed E-state index contributed by atoms with van der Waals surface area (Å²) < 4.78 is 5.34. The van der Waals surface area contributed by atoms with Crippen LogP contribution in [0.4, 0.5) is 5.69 Å². The predicted octanol–water partition coefficient (Wildman–Crippen LogP) is 2.19. The molecule has 1 saturated heterocycles. The summed E-state index contributed by atoms with van der Waals surface area (Å²) in [5, 5.41) is 12.1. The monoisotopic (exact) mass is 293 g/mol. The van der Waals surface area contributed by atoms with E-state index in [1.807, 2.05) is 0 Å². The molecule has 1 heterocycles. The van der Waals surface area contributed by atoms with Gasteiger partial charge in [-0.3, -0.25) is 4.79 Å². The van der Waals surface area contributed by atoms with Crippen LogP contribution in [0.3, 0.4) is 0 Å². The minimum absolute atomic E-state index is 0.0121. The van der Waals surface area contributed by atoms with Crippen molar-refractivity contribution in [1.82, 2.24) is 0 Å². The van der Waals surface area contributed by atoms with Gasteiger partial charge >= 0.3 is 0 Å². The second-order valence-electron chi connectivity index (χ2n) is 4.46. The van der Waals surface area contributed by atoms with Crippen LogP contribution in [0.1, 0.15) is 24.8 Å². The first-order valence-electron chi connectivity index (χ1n) is 6.52. The molecule has 1 fully saturated rings. The van der Waals surface area contributed by atoms with Crippen molar-refractivity contribution in [2.75, 3.05) is 18.5 Å². The topological polar surface area (TPSA) is 58.6 Å². The van der Waals surface area contributed by atoms with Crippen molar-refractivity contribution in [1.29, 1.82) is 0 Å². The van der Waals surface area contributed by atoms with Crippen LogP contribution in [0.25, 0.3) is 0 Å². The Bertz CT molecular complexity index is 542. The fraction of sp³-hybridized carbons (Fsp3) is 0.400. The van der Waals surface area contributed by atoms with Gasteiger partial charge in [0.25, 0.3) is 5.91 Å². The first-order valence-corrected chi connectivity index (χ1v) is 6.90. The van der Waals surface area contributed by atoms with E-state index in [0.29, 0.717) is 29.3 Å². The Hall–Kier alpha value is -1.54. The van der Waals surface area contributed by atoms with Gasteiger partial charge in [0.05, 0.1) is 12.3 Å².